The monoisotopic (exact) mass is 446 g/mol. The van der Waals surface area contributed by atoms with Crippen molar-refractivity contribution >= 4 is 33.0 Å². The van der Waals surface area contributed by atoms with Gasteiger partial charge >= 0.3 is 0 Å². The number of sulfonamides is 1. The Morgan fingerprint density at radius 3 is 2.67 bits per heavy atom. The lowest BCUT2D eigenvalue weighted by Crippen LogP contribution is -2.31. The summed E-state index contributed by atoms with van der Waals surface area (Å²) in [5, 5.41) is 10.9. The molecule has 156 valence electrons. The largest absolute Gasteiger partial charge is 0.317 e. The van der Waals surface area contributed by atoms with Gasteiger partial charge in [-0.15, -0.1) is 10.2 Å². The highest BCUT2D eigenvalue weighted by atomic mass is 32.2. The molecule has 1 aliphatic heterocycles. The number of benzene rings is 2. The molecule has 0 radical (unpaired) electrons. The summed E-state index contributed by atoms with van der Waals surface area (Å²) in [4.78, 5) is 12.7. The zero-order valence-corrected chi connectivity index (χ0v) is 17.7. The molecule has 2 heterocycles. The third-order valence-corrected chi connectivity index (χ3v) is 8.02. The molecule has 0 saturated carbocycles. The first-order valence-electron chi connectivity index (χ1n) is 9.34. The van der Waals surface area contributed by atoms with Crippen molar-refractivity contribution < 1.29 is 17.6 Å². The predicted molar refractivity (Wildman–Crippen MR) is 111 cm³/mol. The number of carbonyl (C=O) groups is 1. The van der Waals surface area contributed by atoms with E-state index in [0.717, 1.165) is 11.3 Å². The molecule has 3 aromatic rings. The molecule has 1 atom stereocenters. The van der Waals surface area contributed by atoms with E-state index in [2.05, 4.69) is 15.5 Å². The highest BCUT2D eigenvalue weighted by Gasteiger charge is 2.39. The molecule has 10 heteroatoms. The zero-order chi connectivity index (χ0) is 21.3. The maximum Gasteiger partial charge on any atom is 0.286 e. The summed E-state index contributed by atoms with van der Waals surface area (Å²) in [6.07, 6.45) is 1.28. The van der Waals surface area contributed by atoms with E-state index in [1.165, 1.54) is 22.5 Å². The number of anilines is 1. The lowest BCUT2D eigenvalue weighted by Gasteiger charge is -2.23. The van der Waals surface area contributed by atoms with E-state index in [1.807, 2.05) is 0 Å². The number of aromatic nitrogens is 2. The molecule has 0 spiro atoms. The van der Waals surface area contributed by atoms with Crippen LogP contribution in [0.5, 0.6) is 0 Å². The van der Waals surface area contributed by atoms with Gasteiger partial charge in [0.1, 0.15) is 10.8 Å². The molecule has 1 aromatic heterocycles. The lowest BCUT2D eigenvalue weighted by atomic mass is 10.2. The van der Waals surface area contributed by atoms with Crippen molar-refractivity contribution in [2.24, 2.45) is 0 Å². The summed E-state index contributed by atoms with van der Waals surface area (Å²) < 4.78 is 41.6. The second kappa shape index (κ2) is 8.21. The number of nitrogens with one attached hydrogen (secondary N) is 1. The first-order valence-corrected chi connectivity index (χ1v) is 11.6. The first-order chi connectivity index (χ1) is 14.4. The summed E-state index contributed by atoms with van der Waals surface area (Å²) in [6.45, 7) is 2.13. The normalized spacial score (nSPS) is 17.2. The van der Waals surface area contributed by atoms with Crippen LogP contribution in [0.4, 0.5) is 10.1 Å². The molecular formula is C20H19FN4O3S2. The van der Waals surface area contributed by atoms with E-state index in [9.17, 15) is 17.6 Å². The summed E-state index contributed by atoms with van der Waals surface area (Å²) in [6, 6.07) is 12.2. The Balaban J connectivity index is 1.57. The minimum Gasteiger partial charge on any atom is -0.317 e. The van der Waals surface area contributed by atoms with E-state index < -0.39 is 27.8 Å². The first kappa shape index (κ1) is 20.6. The Morgan fingerprint density at radius 1 is 1.17 bits per heavy atom. The van der Waals surface area contributed by atoms with Crippen LogP contribution < -0.4 is 5.32 Å². The van der Waals surface area contributed by atoms with Gasteiger partial charge in [0, 0.05) is 6.54 Å². The number of aryl methyl sites for hydroxylation is 1. The van der Waals surface area contributed by atoms with Crippen molar-refractivity contribution in [2.45, 2.75) is 30.7 Å². The van der Waals surface area contributed by atoms with Gasteiger partial charge in [-0.1, -0.05) is 41.7 Å². The molecule has 1 amide bonds. The molecule has 1 fully saturated rings. The van der Waals surface area contributed by atoms with E-state index in [0.29, 0.717) is 30.0 Å². The maximum atomic E-state index is 13.8. The fourth-order valence-electron chi connectivity index (χ4n) is 3.45. The molecule has 1 saturated heterocycles. The maximum absolute atomic E-state index is 13.8. The smallest absolute Gasteiger partial charge is 0.286 e. The fraction of sp³-hybridized carbons (Fsp3) is 0.250. The Morgan fingerprint density at radius 2 is 1.90 bits per heavy atom. The minimum absolute atomic E-state index is 0.0453. The van der Waals surface area contributed by atoms with Crippen molar-refractivity contribution in [3.63, 3.8) is 0 Å². The SMILES string of the molecule is Cc1ccccc1S(=O)(=O)N1CCCC1c1nnc(C(=O)Nc2ccccc2F)s1. The molecule has 2 aromatic carbocycles. The van der Waals surface area contributed by atoms with Crippen molar-refractivity contribution in [1.82, 2.24) is 14.5 Å². The Labute approximate surface area is 177 Å². The van der Waals surface area contributed by atoms with Gasteiger partial charge in [-0.3, -0.25) is 4.79 Å². The van der Waals surface area contributed by atoms with Crippen LogP contribution in [0.15, 0.2) is 53.4 Å². The van der Waals surface area contributed by atoms with Gasteiger partial charge < -0.3 is 5.32 Å². The van der Waals surface area contributed by atoms with Crippen molar-refractivity contribution in [2.75, 3.05) is 11.9 Å². The second-order valence-electron chi connectivity index (χ2n) is 6.92. The second-order valence-corrected chi connectivity index (χ2v) is 9.79. The third kappa shape index (κ3) is 3.85. The number of amides is 1. The van der Waals surface area contributed by atoms with Gasteiger partial charge in [-0.05, 0) is 43.5 Å². The van der Waals surface area contributed by atoms with Gasteiger partial charge in [-0.25, -0.2) is 12.8 Å². The molecule has 30 heavy (non-hydrogen) atoms. The average molecular weight is 447 g/mol. The van der Waals surface area contributed by atoms with E-state index >= 15 is 0 Å². The number of carbonyl (C=O) groups excluding carboxylic acids is 1. The van der Waals surface area contributed by atoms with Gasteiger partial charge in [0.2, 0.25) is 15.0 Å². The summed E-state index contributed by atoms with van der Waals surface area (Å²) in [5.41, 5.74) is 0.717. The van der Waals surface area contributed by atoms with Crippen LogP contribution in [0.2, 0.25) is 0 Å². The Kier molecular flexibility index (Phi) is 5.63. The number of para-hydroxylation sites is 1. The molecule has 1 unspecified atom stereocenters. The predicted octanol–water partition coefficient (Wildman–Crippen LogP) is 3.76. The Hall–Kier alpha value is -2.69. The third-order valence-electron chi connectivity index (χ3n) is 4.93. The highest BCUT2D eigenvalue weighted by Crippen LogP contribution is 2.38. The quantitative estimate of drug-likeness (QED) is 0.644. The van der Waals surface area contributed by atoms with Crippen LogP contribution in [-0.4, -0.2) is 35.4 Å². The lowest BCUT2D eigenvalue weighted by molar-refractivity contribution is 0.102. The number of rotatable bonds is 5. The number of nitrogens with zero attached hydrogens (tertiary/aromatic N) is 3. The van der Waals surface area contributed by atoms with Crippen molar-refractivity contribution in [3.05, 3.63) is 69.9 Å². The van der Waals surface area contributed by atoms with Crippen molar-refractivity contribution in [3.8, 4) is 0 Å². The molecule has 4 rings (SSSR count). The van der Waals surface area contributed by atoms with E-state index in [4.69, 9.17) is 0 Å². The molecular weight excluding hydrogens is 427 g/mol. The summed E-state index contributed by atoms with van der Waals surface area (Å²) >= 11 is 1.02. The van der Waals surface area contributed by atoms with E-state index in [-0.39, 0.29) is 15.6 Å². The summed E-state index contributed by atoms with van der Waals surface area (Å²) in [5.74, 6) is -1.14. The molecule has 1 aliphatic rings. The van der Waals surface area contributed by atoms with Crippen molar-refractivity contribution in [1.29, 1.82) is 0 Å². The molecule has 1 N–H and O–H groups in total. The fourth-order valence-corrected chi connectivity index (χ4v) is 6.29. The van der Waals surface area contributed by atoms with Gasteiger partial charge in [0.25, 0.3) is 5.91 Å². The van der Waals surface area contributed by atoms with Gasteiger partial charge in [-0.2, -0.15) is 4.31 Å². The average Bonchev–Trinajstić information content (AvgIpc) is 3.39. The van der Waals surface area contributed by atoms with Crippen LogP contribution >= 0.6 is 11.3 Å². The van der Waals surface area contributed by atoms with Gasteiger partial charge in [0.05, 0.1) is 16.6 Å². The number of hydrogen-bond donors (Lipinski definition) is 1. The standard InChI is InChI=1S/C20H19FN4O3S2/c1-13-7-2-5-11-17(13)30(27,28)25-12-6-10-16(25)19-23-24-20(29-19)18(26)22-15-9-4-3-8-14(15)21/h2-5,7-9,11,16H,6,10,12H2,1H3,(H,22,26). The van der Waals surface area contributed by atoms with Crippen LogP contribution in [0.25, 0.3) is 0 Å². The molecule has 0 bridgehead atoms. The topological polar surface area (TPSA) is 92.3 Å². The van der Waals surface area contributed by atoms with Crippen LogP contribution in [0.3, 0.4) is 0 Å². The minimum atomic E-state index is -3.71. The number of halogens is 1. The molecule has 7 nitrogen and oxygen atoms in total. The Bertz CT molecular complexity index is 1200. The van der Waals surface area contributed by atoms with E-state index in [1.54, 1.807) is 37.3 Å². The number of hydrogen-bond acceptors (Lipinski definition) is 6. The van der Waals surface area contributed by atoms with Crippen LogP contribution in [0, 0.1) is 12.7 Å². The highest BCUT2D eigenvalue weighted by molar-refractivity contribution is 7.89. The van der Waals surface area contributed by atoms with Crippen LogP contribution in [-0.2, 0) is 10.0 Å². The molecule has 0 aliphatic carbocycles. The zero-order valence-electron chi connectivity index (χ0n) is 16.1. The summed E-state index contributed by atoms with van der Waals surface area (Å²) in [7, 11) is -3.71. The van der Waals surface area contributed by atoms with Crippen LogP contribution in [0.1, 0.15) is 39.3 Å². The van der Waals surface area contributed by atoms with Gasteiger partial charge in [0.15, 0.2) is 0 Å².